The summed E-state index contributed by atoms with van der Waals surface area (Å²) in [5, 5.41) is 6.90. The van der Waals surface area contributed by atoms with Crippen molar-refractivity contribution in [2.24, 2.45) is 0 Å². The Morgan fingerprint density at radius 3 is 1.05 bits per heavy atom. The van der Waals surface area contributed by atoms with Gasteiger partial charge in [-0.1, -0.05) is 175 Å². The van der Waals surface area contributed by atoms with Crippen LogP contribution in [0.5, 0.6) is 0 Å². The Morgan fingerprint density at radius 2 is 0.690 bits per heavy atom. The predicted molar refractivity (Wildman–Crippen MR) is 244 cm³/mol. The van der Waals surface area contributed by atoms with E-state index >= 15 is 0 Å². The number of carbonyl (C=O) groups is 2. The third-order valence-corrected chi connectivity index (χ3v) is 11.6. The van der Waals surface area contributed by atoms with Crippen molar-refractivity contribution in [3.63, 3.8) is 0 Å². The first-order chi connectivity index (χ1) is 28.5. The Morgan fingerprint density at radius 1 is 0.362 bits per heavy atom. The molecule has 0 saturated heterocycles. The summed E-state index contributed by atoms with van der Waals surface area (Å²) in [6, 6.07) is 45.3. The number of unbranched alkanes of at least 4 members (excludes halogenated alkanes) is 10. The average molecular weight is 767 g/mol. The van der Waals surface area contributed by atoms with Gasteiger partial charge in [-0.2, -0.15) is 0 Å². The molecule has 0 atom stereocenters. The lowest BCUT2D eigenvalue weighted by Gasteiger charge is -2.23. The van der Waals surface area contributed by atoms with Crippen LogP contribution in [0.3, 0.4) is 0 Å². The molecule has 1 aliphatic rings. The zero-order valence-electron chi connectivity index (χ0n) is 34.4. The van der Waals surface area contributed by atoms with E-state index in [0.29, 0.717) is 33.6 Å². The quantitative estimate of drug-likeness (QED) is 0.0759. The molecule has 0 heterocycles. The third kappa shape index (κ3) is 10.0. The molecule has 6 aromatic carbocycles. The monoisotopic (exact) mass is 766 g/mol. The second kappa shape index (κ2) is 20.1. The highest BCUT2D eigenvalue weighted by Crippen LogP contribution is 2.38. The number of carbonyl (C=O) groups excluding carboxylic acids is 2. The van der Waals surface area contributed by atoms with E-state index in [1.54, 1.807) is 12.1 Å². The van der Waals surface area contributed by atoms with E-state index in [2.05, 4.69) is 97.3 Å². The zero-order valence-corrected chi connectivity index (χ0v) is 34.4. The Labute approximate surface area is 346 Å². The van der Waals surface area contributed by atoms with E-state index in [1.807, 2.05) is 48.5 Å². The number of anilines is 4. The molecular weight excluding hydrogens is 709 g/mol. The summed E-state index contributed by atoms with van der Waals surface area (Å²) in [4.78, 5) is 28.4. The van der Waals surface area contributed by atoms with Crippen LogP contribution >= 0.6 is 0 Å². The molecule has 0 spiro atoms. The highest BCUT2D eigenvalue weighted by atomic mass is 16.1. The zero-order chi connectivity index (χ0) is 40.1. The molecule has 6 aromatic rings. The summed E-state index contributed by atoms with van der Waals surface area (Å²) >= 11 is 0. The van der Waals surface area contributed by atoms with E-state index in [1.165, 1.54) is 99.3 Å². The van der Waals surface area contributed by atoms with E-state index in [4.69, 9.17) is 0 Å². The second-order valence-electron chi connectivity index (χ2n) is 15.9. The highest BCUT2D eigenvalue weighted by Gasteiger charge is 2.33. The molecule has 0 saturated carbocycles. The van der Waals surface area contributed by atoms with Crippen molar-refractivity contribution in [2.45, 2.75) is 104 Å². The lowest BCUT2D eigenvalue weighted by atomic mass is 9.82. The highest BCUT2D eigenvalue weighted by molar-refractivity contribution is 6.32. The molecule has 0 bridgehead atoms. The third-order valence-electron chi connectivity index (χ3n) is 11.6. The molecule has 7 rings (SSSR count). The summed E-state index contributed by atoms with van der Waals surface area (Å²) in [7, 11) is 0. The number of aryl methyl sites for hydroxylation is 2. The van der Waals surface area contributed by atoms with Crippen LogP contribution < -0.4 is 10.6 Å². The molecule has 1 aliphatic carbocycles. The van der Waals surface area contributed by atoms with Crippen LogP contribution in [0.4, 0.5) is 22.7 Å². The maximum atomic E-state index is 14.2. The predicted octanol–water partition coefficient (Wildman–Crippen LogP) is 15.1. The summed E-state index contributed by atoms with van der Waals surface area (Å²) in [5.41, 5.74) is 12.0. The minimum absolute atomic E-state index is 0.163. The van der Waals surface area contributed by atoms with Gasteiger partial charge in [0.2, 0.25) is 0 Å². The molecule has 0 amide bonds. The van der Waals surface area contributed by atoms with E-state index < -0.39 is 0 Å². The number of rotatable bonds is 20. The van der Waals surface area contributed by atoms with Crippen molar-refractivity contribution in [3.05, 3.63) is 167 Å². The summed E-state index contributed by atoms with van der Waals surface area (Å²) in [5.74, 6) is -0.325. The molecule has 2 N–H and O–H groups in total. The Hall–Kier alpha value is -5.74. The van der Waals surface area contributed by atoms with Crippen molar-refractivity contribution in [2.75, 3.05) is 10.6 Å². The normalized spacial score (nSPS) is 12.0. The van der Waals surface area contributed by atoms with Crippen LogP contribution in [-0.4, -0.2) is 11.6 Å². The molecule has 0 aromatic heterocycles. The van der Waals surface area contributed by atoms with E-state index in [-0.39, 0.29) is 11.6 Å². The fourth-order valence-corrected chi connectivity index (χ4v) is 8.20. The van der Waals surface area contributed by atoms with Gasteiger partial charge < -0.3 is 10.6 Å². The first kappa shape index (κ1) is 40.5. The minimum Gasteiger partial charge on any atom is -0.355 e. The van der Waals surface area contributed by atoms with Crippen LogP contribution in [0.15, 0.2) is 133 Å². The number of hydrogen-bond donors (Lipinski definition) is 2. The van der Waals surface area contributed by atoms with Crippen LogP contribution in [0.2, 0.25) is 0 Å². The van der Waals surface area contributed by atoms with E-state index in [0.717, 1.165) is 35.3 Å². The van der Waals surface area contributed by atoms with E-state index in [9.17, 15) is 9.59 Å². The summed E-state index contributed by atoms with van der Waals surface area (Å²) in [6.45, 7) is 4.52. The largest absolute Gasteiger partial charge is 0.355 e. The smallest absolute Gasteiger partial charge is 0.196 e. The van der Waals surface area contributed by atoms with Gasteiger partial charge in [0.15, 0.2) is 11.6 Å². The number of ketones is 2. The van der Waals surface area contributed by atoms with Crippen LogP contribution in [0.25, 0.3) is 22.3 Å². The maximum absolute atomic E-state index is 14.2. The molecule has 4 nitrogen and oxygen atoms in total. The molecule has 0 unspecified atom stereocenters. The van der Waals surface area contributed by atoms with Crippen molar-refractivity contribution in [1.82, 2.24) is 0 Å². The fourth-order valence-electron chi connectivity index (χ4n) is 8.20. The van der Waals surface area contributed by atoms with Gasteiger partial charge in [-0.05, 0) is 95.5 Å². The molecular formula is C54H58N2O2. The van der Waals surface area contributed by atoms with Gasteiger partial charge in [0, 0.05) is 22.5 Å². The standard InChI is InChI=1S/C54H58N2O2/c1-3-5-7-9-11-13-17-39-23-27-41(28-24-39)43-31-35-45(36-32-43)55-49-21-15-19-47-51(49)53(57)48-20-16-22-50(52(48)54(47)58)56-46-37-33-44(34-38-46)42-29-25-40(26-30-42)18-14-12-10-8-6-4-2/h15-16,19-38,55-56H,3-14,17-18H2,1-2H3. The van der Waals surface area contributed by atoms with Crippen LogP contribution in [-0.2, 0) is 12.8 Å². The first-order valence-electron chi connectivity index (χ1n) is 21.8. The number of benzene rings is 6. The maximum Gasteiger partial charge on any atom is 0.196 e. The summed E-state index contributed by atoms with van der Waals surface area (Å²) < 4.78 is 0. The van der Waals surface area contributed by atoms with Crippen molar-refractivity contribution < 1.29 is 9.59 Å². The molecule has 0 fully saturated rings. The Balaban J connectivity index is 0.986. The number of nitrogens with one attached hydrogen (secondary N) is 2. The van der Waals surface area contributed by atoms with Crippen molar-refractivity contribution in [1.29, 1.82) is 0 Å². The number of fused-ring (bicyclic) bond motifs is 2. The topological polar surface area (TPSA) is 58.2 Å². The Bertz CT molecular complexity index is 2110. The van der Waals surface area contributed by atoms with Gasteiger partial charge in [-0.15, -0.1) is 0 Å². The second-order valence-corrected chi connectivity index (χ2v) is 15.9. The molecule has 4 heteroatoms. The lowest BCUT2D eigenvalue weighted by Crippen LogP contribution is -2.23. The van der Waals surface area contributed by atoms with Gasteiger partial charge in [-0.25, -0.2) is 0 Å². The first-order valence-corrected chi connectivity index (χ1v) is 21.8. The SMILES string of the molecule is CCCCCCCCc1ccc(-c2ccc(Nc3cccc4c3C(=O)c3cccc(Nc5ccc(-c6ccc(CCCCCCCC)cc6)cc5)c3C4=O)cc2)cc1. The van der Waals surface area contributed by atoms with Gasteiger partial charge in [0.05, 0.1) is 22.5 Å². The molecule has 58 heavy (non-hydrogen) atoms. The lowest BCUT2D eigenvalue weighted by molar-refractivity contribution is 0.0980. The van der Waals surface area contributed by atoms with Gasteiger partial charge in [0.25, 0.3) is 0 Å². The average Bonchev–Trinajstić information content (AvgIpc) is 3.26. The molecule has 296 valence electrons. The molecule has 0 radical (unpaired) electrons. The van der Waals surface area contributed by atoms with Gasteiger partial charge in [-0.3, -0.25) is 9.59 Å². The van der Waals surface area contributed by atoms with Crippen LogP contribution in [0.1, 0.15) is 134 Å². The van der Waals surface area contributed by atoms with Crippen LogP contribution in [0, 0.1) is 0 Å². The van der Waals surface area contributed by atoms with Gasteiger partial charge >= 0.3 is 0 Å². The summed E-state index contributed by atoms with van der Waals surface area (Å²) in [6.07, 6.45) is 18.0. The minimum atomic E-state index is -0.163. The Kier molecular flexibility index (Phi) is 14.0. The molecule has 0 aliphatic heterocycles. The van der Waals surface area contributed by atoms with Crippen molar-refractivity contribution in [3.8, 4) is 22.3 Å². The number of hydrogen-bond acceptors (Lipinski definition) is 4. The van der Waals surface area contributed by atoms with Gasteiger partial charge in [0.1, 0.15) is 0 Å². The fraction of sp³-hybridized carbons (Fsp3) is 0.296. The van der Waals surface area contributed by atoms with Crippen molar-refractivity contribution >= 4 is 34.3 Å².